The van der Waals surface area contributed by atoms with Gasteiger partial charge in [-0.25, -0.2) is 4.79 Å². The van der Waals surface area contributed by atoms with Crippen molar-refractivity contribution < 1.29 is 14.6 Å². The predicted octanol–water partition coefficient (Wildman–Crippen LogP) is 1.14. The van der Waals surface area contributed by atoms with E-state index >= 15 is 0 Å². The molecule has 0 radical (unpaired) electrons. The van der Waals surface area contributed by atoms with Crippen molar-refractivity contribution in [3.8, 4) is 5.75 Å². The minimum absolute atomic E-state index is 0.0258. The Balaban J connectivity index is 2.14. The number of hydrogen-bond donors (Lipinski definition) is 2. The summed E-state index contributed by atoms with van der Waals surface area (Å²) in [6.45, 7) is 1.67. The van der Waals surface area contributed by atoms with E-state index in [0.29, 0.717) is 5.56 Å². The van der Waals surface area contributed by atoms with Gasteiger partial charge < -0.3 is 15.2 Å². The molecule has 4 heteroatoms. The van der Waals surface area contributed by atoms with E-state index in [1.165, 1.54) is 6.07 Å². The number of rotatable bonds is 0. The van der Waals surface area contributed by atoms with Crippen molar-refractivity contribution in [1.82, 2.24) is 5.32 Å². The van der Waals surface area contributed by atoms with Gasteiger partial charge >= 0.3 is 5.97 Å². The van der Waals surface area contributed by atoms with Gasteiger partial charge in [0.25, 0.3) is 0 Å². The van der Waals surface area contributed by atoms with Crippen LogP contribution in [0.1, 0.15) is 28.8 Å². The van der Waals surface area contributed by atoms with Crippen LogP contribution in [0.4, 0.5) is 0 Å². The maximum Gasteiger partial charge on any atom is 0.343 e. The van der Waals surface area contributed by atoms with Crippen molar-refractivity contribution in [2.45, 2.75) is 18.4 Å². The first-order valence-electron chi connectivity index (χ1n) is 5.49. The van der Waals surface area contributed by atoms with Crippen LogP contribution in [0.15, 0.2) is 18.2 Å². The molecule has 1 aromatic rings. The number of hydrogen-bond acceptors (Lipinski definition) is 4. The van der Waals surface area contributed by atoms with E-state index in [-0.39, 0.29) is 5.75 Å². The smallest absolute Gasteiger partial charge is 0.343 e. The number of nitrogens with one attached hydrogen (secondary N) is 1. The van der Waals surface area contributed by atoms with Crippen LogP contribution in [0.25, 0.3) is 0 Å². The standard InChI is InChI=1S/C12H13NO3/c14-9-3-1-2-8-10(9)11(15)16-12(8)4-6-13-7-5-12/h1-3,13-14H,4-7H2. The molecule has 16 heavy (non-hydrogen) atoms. The van der Waals surface area contributed by atoms with Gasteiger partial charge in [0, 0.05) is 18.4 Å². The van der Waals surface area contributed by atoms with E-state index in [0.717, 1.165) is 31.5 Å². The Morgan fingerprint density at radius 2 is 2.06 bits per heavy atom. The number of phenols is 1. The minimum Gasteiger partial charge on any atom is -0.507 e. The first-order valence-corrected chi connectivity index (χ1v) is 5.49. The molecule has 1 aromatic carbocycles. The van der Waals surface area contributed by atoms with E-state index < -0.39 is 11.6 Å². The quantitative estimate of drug-likeness (QED) is 0.642. The van der Waals surface area contributed by atoms with Crippen LogP contribution in [0.5, 0.6) is 5.75 Å². The van der Waals surface area contributed by atoms with Gasteiger partial charge in [-0.05, 0) is 19.2 Å². The molecule has 3 rings (SSSR count). The number of carbonyl (C=O) groups excluding carboxylic acids is 1. The van der Waals surface area contributed by atoms with Gasteiger partial charge in [-0.1, -0.05) is 12.1 Å². The van der Waals surface area contributed by atoms with Crippen molar-refractivity contribution in [2.24, 2.45) is 0 Å². The second-order valence-electron chi connectivity index (χ2n) is 4.33. The van der Waals surface area contributed by atoms with E-state index in [9.17, 15) is 9.90 Å². The summed E-state index contributed by atoms with van der Waals surface area (Å²) in [4.78, 5) is 11.8. The second-order valence-corrected chi connectivity index (χ2v) is 4.33. The number of piperidine rings is 1. The SMILES string of the molecule is O=C1OC2(CCNCC2)c2cccc(O)c21. The fourth-order valence-corrected chi connectivity index (χ4v) is 2.62. The molecule has 4 nitrogen and oxygen atoms in total. The highest BCUT2D eigenvalue weighted by atomic mass is 16.6. The zero-order chi connectivity index (χ0) is 11.2. The Kier molecular flexibility index (Phi) is 1.94. The largest absolute Gasteiger partial charge is 0.507 e. The molecule has 0 aliphatic carbocycles. The molecule has 1 saturated heterocycles. The minimum atomic E-state index is -0.504. The van der Waals surface area contributed by atoms with Crippen LogP contribution in [0.3, 0.4) is 0 Å². The lowest BCUT2D eigenvalue weighted by Crippen LogP contribution is -2.39. The third-order valence-corrected chi connectivity index (χ3v) is 3.44. The molecule has 2 heterocycles. The van der Waals surface area contributed by atoms with Gasteiger partial charge in [-0.3, -0.25) is 0 Å². The number of benzene rings is 1. The van der Waals surface area contributed by atoms with Gasteiger partial charge in [0.05, 0.1) is 0 Å². The molecule has 1 spiro atoms. The predicted molar refractivity (Wildman–Crippen MR) is 57.3 cm³/mol. The van der Waals surface area contributed by atoms with E-state index in [4.69, 9.17) is 4.74 Å². The molecule has 2 aliphatic heterocycles. The van der Waals surface area contributed by atoms with Crippen LogP contribution < -0.4 is 5.32 Å². The number of esters is 1. The fourth-order valence-electron chi connectivity index (χ4n) is 2.62. The average Bonchev–Trinajstić information content (AvgIpc) is 2.55. The van der Waals surface area contributed by atoms with Crippen LogP contribution in [0, 0.1) is 0 Å². The molecule has 0 unspecified atom stereocenters. The Hall–Kier alpha value is -1.55. The van der Waals surface area contributed by atoms with Gasteiger partial charge in [0.15, 0.2) is 0 Å². The Morgan fingerprint density at radius 3 is 2.81 bits per heavy atom. The first-order chi connectivity index (χ1) is 7.73. The number of phenolic OH excluding ortho intramolecular Hbond substituents is 1. The molecule has 1 fully saturated rings. The summed E-state index contributed by atoms with van der Waals surface area (Å²) in [5.41, 5.74) is 0.694. The van der Waals surface area contributed by atoms with Gasteiger partial charge in [-0.2, -0.15) is 0 Å². The molecule has 0 saturated carbocycles. The van der Waals surface area contributed by atoms with Crippen LogP contribution in [0.2, 0.25) is 0 Å². The van der Waals surface area contributed by atoms with E-state index in [2.05, 4.69) is 5.32 Å². The third kappa shape index (κ3) is 1.16. The Morgan fingerprint density at radius 1 is 1.31 bits per heavy atom. The maximum atomic E-state index is 11.8. The molecule has 84 valence electrons. The number of ether oxygens (including phenoxy) is 1. The highest BCUT2D eigenvalue weighted by Crippen LogP contribution is 2.45. The monoisotopic (exact) mass is 219 g/mol. The molecule has 2 N–H and O–H groups in total. The van der Waals surface area contributed by atoms with Crippen molar-refractivity contribution in [2.75, 3.05) is 13.1 Å². The molecule has 0 amide bonds. The van der Waals surface area contributed by atoms with Gasteiger partial charge in [-0.15, -0.1) is 0 Å². The van der Waals surface area contributed by atoms with Crippen molar-refractivity contribution in [3.05, 3.63) is 29.3 Å². The lowest BCUT2D eigenvalue weighted by atomic mass is 9.84. The molecular weight excluding hydrogens is 206 g/mol. The average molecular weight is 219 g/mol. The zero-order valence-electron chi connectivity index (χ0n) is 8.82. The summed E-state index contributed by atoms with van der Waals surface area (Å²) in [6, 6.07) is 5.17. The first kappa shape index (κ1) is 9.66. The van der Waals surface area contributed by atoms with E-state index in [1.807, 2.05) is 6.07 Å². The van der Waals surface area contributed by atoms with Crippen molar-refractivity contribution in [3.63, 3.8) is 0 Å². The molecule has 0 bridgehead atoms. The second kappa shape index (κ2) is 3.22. The lowest BCUT2D eigenvalue weighted by Gasteiger charge is -2.33. The summed E-state index contributed by atoms with van der Waals surface area (Å²) < 4.78 is 5.50. The molecule has 0 atom stereocenters. The third-order valence-electron chi connectivity index (χ3n) is 3.44. The fraction of sp³-hybridized carbons (Fsp3) is 0.417. The summed E-state index contributed by atoms with van der Waals surface area (Å²) in [6.07, 6.45) is 1.55. The number of fused-ring (bicyclic) bond motifs is 2. The summed E-state index contributed by atoms with van der Waals surface area (Å²) in [5, 5.41) is 12.9. The zero-order valence-corrected chi connectivity index (χ0v) is 8.82. The topological polar surface area (TPSA) is 58.6 Å². The van der Waals surface area contributed by atoms with Crippen LogP contribution in [-0.2, 0) is 10.3 Å². The highest BCUT2D eigenvalue weighted by molar-refractivity contribution is 5.97. The number of carbonyl (C=O) groups is 1. The Labute approximate surface area is 93.2 Å². The Bertz CT molecular complexity index is 450. The summed E-state index contributed by atoms with van der Waals surface area (Å²) in [7, 11) is 0. The van der Waals surface area contributed by atoms with Gasteiger partial charge in [0.1, 0.15) is 16.9 Å². The molecule has 2 aliphatic rings. The van der Waals surface area contributed by atoms with Crippen LogP contribution >= 0.6 is 0 Å². The normalized spacial score (nSPS) is 21.9. The van der Waals surface area contributed by atoms with E-state index in [1.54, 1.807) is 6.07 Å². The maximum absolute atomic E-state index is 11.8. The van der Waals surface area contributed by atoms with Crippen LogP contribution in [-0.4, -0.2) is 24.2 Å². The molecular formula is C12H13NO3. The van der Waals surface area contributed by atoms with Crippen molar-refractivity contribution >= 4 is 5.97 Å². The van der Waals surface area contributed by atoms with Gasteiger partial charge in [0.2, 0.25) is 0 Å². The summed E-state index contributed by atoms with van der Waals surface area (Å²) in [5.74, 6) is -0.368. The molecule has 0 aromatic heterocycles. The summed E-state index contributed by atoms with van der Waals surface area (Å²) >= 11 is 0. The number of aromatic hydroxyl groups is 1. The lowest BCUT2D eigenvalue weighted by molar-refractivity contribution is -0.0242. The van der Waals surface area contributed by atoms with Crippen molar-refractivity contribution in [1.29, 1.82) is 0 Å². The highest BCUT2D eigenvalue weighted by Gasteiger charge is 2.47.